The summed E-state index contributed by atoms with van der Waals surface area (Å²) in [5.74, 6) is -0.379. The highest BCUT2D eigenvalue weighted by molar-refractivity contribution is 5.81. The van der Waals surface area contributed by atoms with Crippen molar-refractivity contribution in [3.63, 3.8) is 0 Å². The first-order valence-electron chi connectivity index (χ1n) is 9.22. The first kappa shape index (κ1) is 24.2. The molecule has 0 heterocycles. The molecule has 0 aromatic carbocycles. The van der Waals surface area contributed by atoms with Gasteiger partial charge in [-0.3, -0.25) is 9.59 Å². The van der Waals surface area contributed by atoms with Gasteiger partial charge in [-0.05, 0) is 52.9 Å². The predicted molar refractivity (Wildman–Crippen MR) is 99.6 cm³/mol. The van der Waals surface area contributed by atoms with Crippen molar-refractivity contribution < 1.29 is 23.9 Å². The molecule has 0 aromatic rings. The zero-order valence-electron chi connectivity index (χ0n) is 16.6. The van der Waals surface area contributed by atoms with Gasteiger partial charge < -0.3 is 25.8 Å². The lowest BCUT2D eigenvalue weighted by Crippen LogP contribution is -2.41. The zero-order valence-corrected chi connectivity index (χ0v) is 16.6. The number of methoxy groups -OCH3 is 1. The Labute approximate surface area is 156 Å². The fourth-order valence-corrected chi connectivity index (χ4v) is 2.14. The smallest absolute Gasteiger partial charge is 0.407 e. The minimum atomic E-state index is -0.549. The van der Waals surface area contributed by atoms with E-state index in [9.17, 15) is 14.4 Å². The lowest BCUT2D eigenvalue weighted by atomic mass is 10.1. The molecule has 152 valence electrons. The fraction of sp³-hybridized carbons (Fsp3) is 0.833. The van der Waals surface area contributed by atoms with Gasteiger partial charge in [0.1, 0.15) is 5.60 Å². The second-order valence-corrected chi connectivity index (χ2v) is 7.21. The molecule has 1 atom stereocenters. The number of carbonyl (C=O) groups excluding carboxylic acids is 3. The molecule has 0 aliphatic rings. The van der Waals surface area contributed by atoms with Crippen molar-refractivity contribution in [3.8, 4) is 0 Å². The van der Waals surface area contributed by atoms with Crippen LogP contribution >= 0.6 is 0 Å². The van der Waals surface area contributed by atoms with Crippen molar-refractivity contribution in [2.45, 2.75) is 77.4 Å². The number of unbranched alkanes of at least 4 members (excludes halogenated alkanes) is 3. The second-order valence-electron chi connectivity index (χ2n) is 7.21. The summed E-state index contributed by atoms with van der Waals surface area (Å²) in [4.78, 5) is 34.3. The van der Waals surface area contributed by atoms with Crippen LogP contribution in [0.1, 0.15) is 65.7 Å². The van der Waals surface area contributed by atoms with Crippen molar-refractivity contribution in [2.75, 3.05) is 20.2 Å². The highest BCUT2D eigenvalue weighted by Gasteiger charge is 2.16. The summed E-state index contributed by atoms with van der Waals surface area (Å²) in [5, 5.41) is 5.47. The molecule has 0 unspecified atom stereocenters. The molecule has 8 nitrogen and oxygen atoms in total. The standard InChI is InChI=1S/C18H35N3O5/c1-18(2,3)26-17(24)21-13-9-7-10-14(19)16(23)20-12-8-5-6-11-15(22)25-4/h14H,5-13,19H2,1-4H3,(H,20,23)(H,21,24)/t14-/m0/s1. The molecule has 0 radical (unpaired) electrons. The van der Waals surface area contributed by atoms with Crippen molar-refractivity contribution in [3.05, 3.63) is 0 Å². The van der Waals surface area contributed by atoms with E-state index in [1.807, 2.05) is 20.8 Å². The van der Waals surface area contributed by atoms with E-state index in [1.54, 1.807) is 0 Å². The van der Waals surface area contributed by atoms with Gasteiger partial charge in [-0.15, -0.1) is 0 Å². The maximum atomic E-state index is 11.9. The number of nitrogens with two attached hydrogens (primary N) is 1. The van der Waals surface area contributed by atoms with Crippen LogP contribution in [0.5, 0.6) is 0 Å². The number of ether oxygens (including phenoxy) is 2. The number of hydrogen-bond acceptors (Lipinski definition) is 6. The van der Waals surface area contributed by atoms with Crippen LogP contribution < -0.4 is 16.4 Å². The van der Waals surface area contributed by atoms with E-state index < -0.39 is 17.7 Å². The summed E-state index contributed by atoms with van der Waals surface area (Å²) in [7, 11) is 1.37. The van der Waals surface area contributed by atoms with Gasteiger partial charge in [0.15, 0.2) is 0 Å². The highest BCUT2D eigenvalue weighted by atomic mass is 16.6. The second kappa shape index (κ2) is 13.4. The van der Waals surface area contributed by atoms with E-state index in [1.165, 1.54) is 7.11 Å². The Hall–Kier alpha value is -1.83. The first-order chi connectivity index (χ1) is 12.2. The maximum absolute atomic E-state index is 11.9. The van der Waals surface area contributed by atoms with E-state index in [0.29, 0.717) is 25.9 Å². The number of alkyl carbamates (subject to hydrolysis) is 1. The summed E-state index contributed by atoms with van der Waals surface area (Å²) in [5.41, 5.74) is 5.35. The molecule has 0 aromatic heterocycles. The van der Waals surface area contributed by atoms with Crippen molar-refractivity contribution >= 4 is 18.0 Å². The van der Waals surface area contributed by atoms with Gasteiger partial charge in [0.2, 0.25) is 5.91 Å². The highest BCUT2D eigenvalue weighted by Crippen LogP contribution is 2.06. The number of hydrogen-bond donors (Lipinski definition) is 3. The van der Waals surface area contributed by atoms with Gasteiger partial charge in [-0.1, -0.05) is 6.42 Å². The Morgan fingerprint density at radius 2 is 1.58 bits per heavy atom. The lowest BCUT2D eigenvalue weighted by Gasteiger charge is -2.19. The van der Waals surface area contributed by atoms with Crippen molar-refractivity contribution in [1.29, 1.82) is 0 Å². The molecule has 8 heteroatoms. The Morgan fingerprint density at radius 1 is 0.962 bits per heavy atom. The van der Waals surface area contributed by atoms with Crippen LogP contribution in [-0.2, 0) is 19.1 Å². The van der Waals surface area contributed by atoms with Crippen LogP contribution in [0.3, 0.4) is 0 Å². The number of carbonyl (C=O) groups is 3. The molecular weight excluding hydrogens is 338 g/mol. The molecule has 0 saturated carbocycles. The third-order valence-corrected chi connectivity index (χ3v) is 3.53. The quantitative estimate of drug-likeness (QED) is 0.355. The molecule has 0 aliphatic carbocycles. The number of rotatable bonds is 12. The van der Waals surface area contributed by atoms with Crippen LogP contribution in [0.25, 0.3) is 0 Å². The molecule has 0 fully saturated rings. The Morgan fingerprint density at radius 3 is 2.19 bits per heavy atom. The molecule has 0 bridgehead atoms. The van der Waals surface area contributed by atoms with Gasteiger partial charge in [0.25, 0.3) is 0 Å². The van der Waals surface area contributed by atoms with Crippen LogP contribution in [-0.4, -0.2) is 49.8 Å². The summed E-state index contributed by atoms with van der Waals surface area (Å²) < 4.78 is 9.69. The summed E-state index contributed by atoms with van der Waals surface area (Å²) in [6.07, 6.45) is 4.39. The molecule has 0 saturated heterocycles. The zero-order chi connectivity index (χ0) is 20.0. The maximum Gasteiger partial charge on any atom is 0.407 e. The average Bonchev–Trinajstić information content (AvgIpc) is 2.55. The lowest BCUT2D eigenvalue weighted by molar-refractivity contribution is -0.140. The molecule has 2 amide bonds. The van der Waals surface area contributed by atoms with E-state index in [2.05, 4.69) is 15.4 Å². The molecule has 4 N–H and O–H groups in total. The fourth-order valence-electron chi connectivity index (χ4n) is 2.14. The third kappa shape index (κ3) is 14.5. The number of amides is 2. The summed E-state index contributed by atoms with van der Waals surface area (Å²) in [6.45, 7) is 6.47. The van der Waals surface area contributed by atoms with E-state index >= 15 is 0 Å². The predicted octanol–water partition coefficient (Wildman–Crippen LogP) is 1.86. The van der Waals surface area contributed by atoms with Crippen molar-refractivity contribution in [1.82, 2.24) is 10.6 Å². The van der Waals surface area contributed by atoms with Gasteiger partial charge >= 0.3 is 12.1 Å². The monoisotopic (exact) mass is 373 g/mol. The Kier molecular flexibility index (Phi) is 12.4. The van der Waals surface area contributed by atoms with Crippen LogP contribution in [0.2, 0.25) is 0 Å². The molecule has 0 spiro atoms. The number of nitrogens with one attached hydrogen (secondary N) is 2. The van der Waals surface area contributed by atoms with Crippen molar-refractivity contribution in [2.24, 2.45) is 5.73 Å². The van der Waals surface area contributed by atoms with E-state index in [-0.39, 0.29) is 11.9 Å². The summed E-state index contributed by atoms with van der Waals surface area (Å²) in [6, 6.07) is -0.549. The average molecular weight is 373 g/mol. The van der Waals surface area contributed by atoms with Crippen LogP contribution in [0.15, 0.2) is 0 Å². The van der Waals surface area contributed by atoms with Gasteiger partial charge in [0.05, 0.1) is 13.2 Å². The molecule has 0 aliphatic heterocycles. The molecule has 26 heavy (non-hydrogen) atoms. The van der Waals surface area contributed by atoms with Crippen LogP contribution in [0, 0.1) is 0 Å². The minimum Gasteiger partial charge on any atom is -0.469 e. The first-order valence-corrected chi connectivity index (χ1v) is 9.22. The molecule has 0 rings (SSSR count). The van der Waals surface area contributed by atoms with Gasteiger partial charge in [-0.25, -0.2) is 4.79 Å². The van der Waals surface area contributed by atoms with Crippen LogP contribution in [0.4, 0.5) is 4.79 Å². The largest absolute Gasteiger partial charge is 0.469 e. The molecular formula is C18H35N3O5. The van der Waals surface area contributed by atoms with Gasteiger partial charge in [0, 0.05) is 19.5 Å². The Bertz CT molecular complexity index is 435. The van der Waals surface area contributed by atoms with Gasteiger partial charge in [-0.2, -0.15) is 0 Å². The SMILES string of the molecule is COC(=O)CCCCCNC(=O)[C@@H](N)CCCCNC(=O)OC(C)(C)C. The minimum absolute atomic E-state index is 0.168. The summed E-state index contributed by atoms with van der Waals surface area (Å²) >= 11 is 0. The topological polar surface area (TPSA) is 120 Å². The third-order valence-electron chi connectivity index (χ3n) is 3.53. The number of esters is 1. The van der Waals surface area contributed by atoms with E-state index in [0.717, 1.165) is 32.1 Å². The normalized spacial score (nSPS) is 12.2. The Balaban J connectivity index is 3.62. The van der Waals surface area contributed by atoms with E-state index in [4.69, 9.17) is 10.5 Å².